The van der Waals surface area contributed by atoms with E-state index in [1.807, 2.05) is 0 Å². The van der Waals surface area contributed by atoms with E-state index < -0.39 is 30.1 Å². The molecule has 0 aromatic carbocycles. The largest absolute Gasteiger partial charge is 0.480 e. The number of alkyl halides is 3. The van der Waals surface area contributed by atoms with Crippen LogP contribution in [-0.2, 0) is 12.7 Å². The standard InChI is InChI=1S/C15H15F5N4O2/c1-26-12-3-2-11-21-14(15(18,19)20)9(24(11)22-12)7-23-6-8(4-10(16)17)5-13(23)25/h2-4,8,13,25H,5-7H2,1H3. The second-order valence-electron chi connectivity index (χ2n) is 5.91. The second-order valence-corrected chi connectivity index (χ2v) is 5.91. The number of fused-ring (bicyclic) bond motifs is 1. The summed E-state index contributed by atoms with van der Waals surface area (Å²) in [7, 11) is 1.32. The number of ether oxygens (including phenoxy) is 1. The molecule has 2 unspecified atom stereocenters. The molecular formula is C15H15F5N4O2. The number of imidazole rings is 1. The molecule has 2 atom stereocenters. The Morgan fingerprint density at radius 1 is 1.38 bits per heavy atom. The van der Waals surface area contributed by atoms with Crippen molar-refractivity contribution in [3.63, 3.8) is 0 Å². The first kappa shape index (κ1) is 18.5. The van der Waals surface area contributed by atoms with Crippen molar-refractivity contribution in [1.82, 2.24) is 19.5 Å². The van der Waals surface area contributed by atoms with Gasteiger partial charge in [0.15, 0.2) is 11.3 Å². The van der Waals surface area contributed by atoms with Crippen LogP contribution in [0.4, 0.5) is 22.0 Å². The van der Waals surface area contributed by atoms with Crippen molar-refractivity contribution in [1.29, 1.82) is 0 Å². The van der Waals surface area contributed by atoms with Gasteiger partial charge in [-0.25, -0.2) is 9.50 Å². The van der Waals surface area contributed by atoms with E-state index in [2.05, 4.69) is 10.1 Å². The number of aromatic nitrogens is 3. The van der Waals surface area contributed by atoms with Crippen LogP contribution in [0.15, 0.2) is 24.3 Å². The Morgan fingerprint density at radius 2 is 2.12 bits per heavy atom. The van der Waals surface area contributed by atoms with E-state index >= 15 is 0 Å². The first-order chi connectivity index (χ1) is 12.2. The highest BCUT2D eigenvalue weighted by atomic mass is 19.4. The minimum absolute atomic E-state index is 0.00613. The van der Waals surface area contributed by atoms with E-state index in [0.29, 0.717) is 6.08 Å². The number of hydrogen-bond acceptors (Lipinski definition) is 5. The monoisotopic (exact) mass is 378 g/mol. The lowest BCUT2D eigenvalue weighted by atomic mass is 10.1. The van der Waals surface area contributed by atoms with E-state index in [-0.39, 0.29) is 36.7 Å². The molecule has 0 amide bonds. The third kappa shape index (κ3) is 3.63. The van der Waals surface area contributed by atoms with Crippen LogP contribution in [0.5, 0.6) is 5.88 Å². The maximum atomic E-state index is 13.4. The number of halogens is 5. The van der Waals surface area contributed by atoms with Crippen LogP contribution in [0, 0.1) is 5.92 Å². The van der Waals surface area contributed by atoms with Crippen LogP contribution in [0.2, 0.25) is 0 Å². The maximum absolute atomic E-state index is 13.4. The molecule has 2 aromatic rings. The molecule has 6 nitrogen and oxygen atoms in total. The molecule has 0 saturated carbocycles. The number of likely N-dealkylation sites (tertiary alicyclic amines) is 1. The zero-order valence-corrected chi connectivity index (χ0v) is 13.5. The van der Waals surface area contributed by atoms with Gasteiger partial charge in [0.25, 0.3) is 6.08 Å². The van der Waals surface area contributed by atoms with Gasteiger partial charge in [0, 0.05) is 19.2 Å². The Bertz CT molecular complexity index is 831. The predicted octanol–water partition coefficient (Wildman–Crippen LogP) is 2.68. The third-order valence-electron chi connectivity index (χ3n) is 4.14. The van der Waals surface area contributed by atoms with E-state index in [1.54, 1.807) is 0 Å². The molecule has 2 aromatic heterocycles. The minimum Gasteiger partial charge on any atom is -0.480 e. The van der Waals surface area contributed by atoms with E-state index in [1.165, 1.54) is 24.1 Å². The van der Waals surface area contributed by atoms with Gasteiger partial charge in [-0.1, -0.05) is 0 Å². The van der Waals surface area contributed by atoms with Crippen LogP contribution in [0.25, 0.3) is 5.65 Å². The van der Waals surface area contributed by atoms with Crippen molar-refractivity contribution in [3.05, 3.63) is 35.7 Å². The van der Waals surface area contributed by atoms with Gasteiger partial charge in [0.2, 0.25) is 5.88 Å². The number of methoxy groups -OCH3 is 1. The fraction of sp³-hybridized carbons (Fsp3) is 0.467. The van der Waals surface area contributed by atoms with Gasteiger partial charge in [-0.05, 0) is 24.5 Å². The Balaban J connectivity index is 1.99. The van der Waals surface area contributed by atoms with Crippen molar-refractivity contribution in [2.75, 3.05) is 13.7 Å². The molecule has 3 heterocycles. The quantitative estimate of drug-likeness (QED) is 0.829. The highest BCUT2D eigenvalue weighted by molar-refractivity contribution is 5.43. The zero-order chi connectivity index (χ0) is 19.1. The fourth-order valence-corrected chi connectivity index (χ4v) is 3.02. The molecule has 142 valence electrons. The van der Waals surface area contributed by atoms with Crippen LogP contribution >= 0.6 is 0 Å². The van der Waals surface area contributed by atoms with Crippen LogP contribution in [-0.4, -0.2) is 44.5 Å². The lowest BCUT2D eigenvalue weighted by molar-refractivity contribution is -0.142. The molecule has 0 radical (unpaired) electrons. The highest BCUT2D eigenvalue weighted by Gasteiger charge is 2.40. The lowest BCUT2D eigenvalue weighted by Gasteiger charge is -2.20. The summed E-state index contributed by atoms with van der Waals surface area (Å²) in [5, 5.41) is 14.0. The first-order valence-corrected chi connectivity index (χ1v) is 7.64. The summed E-state index contributed by atoms with van der Waals surface area (Å²) in [6, 6.07) is 2.71. The first-order valence-electron chi connectivity index (χ1n) is 7.64. The van der Waals surface area contributed by atoms with Crippen LogP contribution in [0.1, 0.15) is 17.8 Å². The second kappa shape index (κ2) is 6.80. The molecule has 26 heavy (non-hydrogen) atoms. The Morgan fingerprint density at radius 3 is 2.73 bits per heavy atom. The van der Waals surface area contributed by atoms with Crippen molar-refractivity contribution in [3.8, 4) is 5.88 Å². The van der Waals surface area contributed by atoms with Gasteiger partial charge in [0.05, 0.1) is 12.8 Å². The van der Waals surface area contributed by atoms with E-state index in [4.69, 9.17) is 4.74 Å². The third-order valence-corrected chi connectivity index (χ3v) is 4.14. The summed E-state index contributed by atoms with van der Waals surface area (Å²) < 4.78 is 70.8. The number of rotatable bonds is 4. The molecule has 1 aliphatic heterocycles. The summed E-state index contributed by atoms with van der Waals surface area (Å²) >= 11 is 0. The zero-order valence-electron chi connectivity index (χ0n) is 13.5. The molecule has 1 aliphatic rings. The molecule has 0 bridgehead atoms. The fourth-order valence-electron chi connectivity index (χ4n) is 3.02. The van der Waals surface area contributed by atoms with Gasteiger partial charge in [-0.2, -0.15) is 22.0 Å². The molecule has 1 fully saturated rings. The average molecular weight is 378 g/mol. The van der Waals surface area contributed by atoms with Gasteiger partial charge in [0.1, 0.15) is 6.23 Å². The molecule has 1 saturated heterocycles. The lowest BCUT2D eigenvalue weighted by Crippen LogP contribution is -2.30. The smallest absolute Gasteiger partial charge is 0.435 e. The summed E-state index contributed by atoms with van der Waals surface area (Å²) in [5.74, 6) is -0.557. The van der Waals surface area contributed by atoms with E-state index in [0.717, 1.165) is 4.52 Å². The van der Waals surface area contributed by atoms with Crippen molar-refractivity contribution in [2.45, 2.75) is 25.4 Å². The number of aliphatic hydroxyl groups excluding tert-OH is 1. The van der Waals surface area contributed by atoms with Crippen molar-refractivity contribution >= 4 is 5.65 Å². The minimum atomic E-state index is -4.73. The summed E-state index contributed by atoms with van der Waals surface area (Å²) in [5.41, 5.74) is -1.47. The Kier molecular flexibility index (Phi) is 4.84. The molecule has 1 N–H and O–H groups in total. The molecule has 0 spiro atoms. The van der Waals surface area contributed by atoms with Crippen molar-refractivity contribution < 1.29 is 31.8 Å². The number of aliphatic hydroxyl groups is 1. The van der Waals surface area contributed by atoms with Crippen LogP contribution < -0.4 is 4.74 Å². The topological polar surface area (TPSA) is 62.9 Å². The Hall–Kier alpha value is -2.27. The van der Waals surface area contributed by atoms with Gasteiger partial charge >= 0.3 is 6.18 Å². The molecule has 3 rings (SSSR count). The number of nitrogens with zero attached hydrogens (tertiary/aromatic N) is 4. The van der Waals surface area contributed by atoms with E-state index in [9.17, 15) is 27.1 Å². The van der Waals surface area contributed by atoms with Gasteiger partial charge < -0.3 is 9.84 Å². The molecular weight excluding hydrogens is 363 g/mol. The Labute approximate surface area is 144 Å². The van der Waals surface area contributed by atoms with Gasteiger partial charge in [-0.3, -0.25) is 4.90 Å². The highest BCUT2D eigenvalue weighted by Crippen LogP contribution is 2.34. The SMILES string of the molecule is COc1ccc2nc(C(F)(F)F)c(CN3CC(C=C(F)F)CC3O)n2n1. The normalized spacial score (nSPS) is 21.3. The summed E-state index contributed by atoms with van der Waals surface area (Å²) in [6.07, 6.45) is -7.06. The van der Waals surface area contributed by atoms with Crippen LogP contribution in [0.3, 0.4) is 0 Å². The number of hydrogen-bond donors (Lipinski definition) is 1. The summed E-state index contributed by atoms with van der Waals surface area (Å²) in [6.45, 7) is -0.359. The van der Waals surface area contributed by atoms with Gasteiger partial charge in [-0.15, -0.1) is 5.10 Å². The average Bonchev–Trinajstić information content (AvgIpc) is 3.07. The summed E-state index contributed by atoms with van der Waals surface area (Å²) in [4.78, 5) is 4.86. The maximum Gasteiger partial charge on any atom is 0.435 e. The van der Waals surface area contributed by atoms with Crippen molar-refractivity contribution in [2.24, 2.45) is 5.92 Å². The molecule has 11 heteroatoms. The predicted molar refractivity (Wildman–Crippen MR) is 79.4 cm³/mol. The molecule has 0 aliphatic carbocycles.